The predicted molar refractivity (Wildman–Crippen MR) is 66.2 cm³/mol. The van der Waals surface area contributed by atoms with E-state index in [1.807, 2.05) is 0 Å². The molecule has 5 heteroatoms. The molecule has 2 rings (SSSR count). The molecule has 1 fully saturated rings. The van der Waals surface area contributed by atoms with E-state index in [4.69, 9.17) is 10.5 Å². The molecule has 1 heterocycles. The molecule has 2 amide bonds. The molecule has 1 aromatic carbocycles. The Balaban J connectivity index is 2.17. The maximum Gasteiger partial charge on any atom is 0.260 e. The Morgan fingerprint density at radius 1 is 1.50 bits per heavy atom. The number of rotatable bonds is 2. The molecule has 96 valence electrons. The van der Waals surface area contributed by atoms with Crippen molar-refractivity contribution in [1.29, 1.82) is 0 Å². The first-order valence-electron chi connectivity index (χ1n) is 5.86. The average Bonchev–Trinajstić information content (AvgIpc) is 2.38. The van der Waals surface area contributed by atoms with Crippen LogP contribution in [-0.2, 0) is 4.79 Å². The second-order valence-corrected chi connectivity index (χ2v) is 4.34. The summed E-state index contributed by atoms with van der Waals surface area (Å²) in [6.07, 6.45) is 0.886. The van der Waals surface area contributed by atoms with Crippen LogP contribution in [0.1, 0.15) is 23.2 Å². The number of ether oxygens (including phenoxy) is 1. The van der Waals surface area contributed by atoms with Gasteiger partial charge in [-0.3, -0.25) is 14.5 Å². The van der Waals surface area contributed by atoms with E-state index < -0.39 is 0 Å². The van der Waals surface area contributed by atoms with E-state index in [9.17, 15) is 9.59 Å². The molecule has 1 aliphatic rings. The van der Waals surface area contributed by atoms with Crippen molar-refractivity contribution in [3.8, 4) is 5.75 Å². The second-order valence-electron chi connectivity index (χ2n) is 4.34. The molecule has 0 spiro atoms. The molecule has 1 unspecified atom stereocenters. The van der Waals surface area contributed by atoms with E-state index in [1.165, 1.54) is 12.0 Å². The van der Waals surface area contributed by atoms with Crippen molar-refractivity contribution in [2.24, 2.45) is 5.73 Å². The number of hydrogen-bond donors (Lipinski definition) is 1. The van der Waals surface area contributed by atoms with Crippen LogP contribution in [0.15, 0.2) is 24.3 Å². The van der Waals surface area contributed by atoms with Crippen LogP contribution in [-0.4, -0.2) is 36.4 Å². The lowest BCUT2D eigenvalue weighted by molar-refractivity contribution is -0.130. The number of amides is 2. The smallest absolute Gasteiger partial charge is 0.260 e. The van der Waals surface area contributed by atoms with Crippen molar-refractivity contribution in [1.82, 2.24) is 4.90 Å². The van der Waals surface area contributed by atoms with Crippen molar-refractivity contribution in [2.45, 2.75) is 18.9 Å². The zero-order valence-corrected chi connectivity index (χ0v) is 10.3. The van der Waals surface area contributed by atoms with Gasteiger partial charge in [0.05, 0.1) is 7.11 Å². The van der Waals surface area contributed by atoms with Gasteiger partial charge in [0.25, 0.3) is 5.91 Å². The van der Waals surface area contributed by atoms with E-state index >= 15 is 0 Å². The molecule has 1 aromatic rings. The number of carbonyl (C=O) groups excluding carboxylic acids is 2. The van der Waals surface area contributed by atoms with Crippen molar-refractivity contribution in [2.75, 3.05) is 13.7 Å². The summed E-state index contributed by atoms with van der Waals surface area (Å²) in [5, 5.41) is 0. The fourth-order valence-corrected chi connectivity index (χ4v) is 1.98. The molecular formula is C13H16N2O3. The minimum absolute atomic E-state index is 0.133. The summed E-state index contributed by atoms with van der Waals surface area (Å²) >= 11 is 0. The third-order valence-electron chi connectivity index (χ3n) is 3.02. The van der Waals surface area contributed by atoms with Crippen LogP contribution < -0.4 is 10.5 Å². The molecule has 1 saturated heterocycles. The van der Waals surface area contributed by atoms with Gasteiger partial charge in [0.1, 0.15) is 5.75 Å². The topological polar surface area (TPSA) is 72.6 Å². The summed E-state index contributed by atoms with van der Waals surface area (Å²) in [6, 6.07) is 6.65. The minimum Gasteiger partial charge on any atom is -0.497 e. The highest BCUT2D eigenvalue weighted by Crippen LogP contribution is 2.17. The van der Waals surface area contributed by atoms with Crippen molar-refractivity contribution in [3.05, 3.63) is 29.8 Å². The number of likely N-dealkylation sites (tertiary alicyclic amines) is 1. The fraction of sp³-hybridized carbons (Fsp3) is 0.385. The van der Waals surface area contributed by atoms with E-state index in [2.05, 4.69) is 0 Å². The summed E-state index contributed by atoms with van der Waals surface area (Å²) in [7, 11) is 1.54. The van der Waals surface area contributed by atoms with Gasteiger partial charge in [-0.05, 0) is 24.6 Å². The quantitative estimate of drug-likeness (QED) is 0.785. The lowest BCUT2D eigenvalue weighted by Gasteiger charge is -2.28. The first kappa shape index (κ1) is 12.6. The first-order chi connectivity index (χ1) is 8.61. The summed E-state index contributed by atoms with van der Waals surface area (Å²) in [5.41, 5.74) is 6.15. The summed E-state index contributed by atoms with van der Waals surface area (Å²) < 4.78 is 5.06. The third-order valence-corrected chi connectivity index (χ3v) is 3.02. The molecular weight excluding hydrogens is 232 g/mol. The summed E-state index contributed by atoms with van der Waals surface area (Å²) in [6.45, 7) is 0.385. The lowest BCUT2D eigenvalue weighted by Crippen LogP contribution is -2.46. The molecule has 0 bridgehead atoms. The molecule has 18 heavy (non-hydrogen) atoms. The minimum atomic E-state index is -0.286. The van der Waals surface area contributed by atoms with Crippen LogP contribution >= 0.6 is 0 Å². The molecule has 2 N–H and O–H groups in total. The monoisotopic (exact) mass is 248 g/mol. The normalized spacial score (nSPS) is 19.8. The van der Waals surface area contributed by atoms with Crippen LogP contribution in [0.3, 0.4) is 0 Å². The zero-order valence-electron chi connectivity index (χ0n) is 10.3. The molecule has 0 aliphatic carbocycles. The van der Waals surface area contributed by atoms with Crippen LogP contribution in [0.5, 0.6) is 5.75 Å². The van der Waals surface area contributed by atoms with E-state index in [-0.39, 0.29) is 24.3 Å². The Morgan fingerprint density at radius 2 is 2.28 bits per heavy atom. The maximum absolute atomic E-state index is 12.2. The van der Waals surface area contributed by atoms with E-state index in [0.717, 1.165) is 0 Å². The van der Waals surface area contributed by atoms with Crippen LogP contribution in [0.4, 0.5) is 0 Å². The second kappa shape index (κ2) is 5.18. The zero-order chi connectivity index (χ0) is 13.1. The molecule has 5 nitrogen and oxygen atoms in total. The number of carbonyl (C=O) groups is 2. The Morgan fingerprint density at radius 3 is 2.94 bits per heavy atom. The van der Waals surface area contributed by atoms with Gasteiger partial charge in [-0.2, -0.15) is 0 Å². The van der Waals surface area contributed by atoms with Gasteiger partial charge in [-0.25, -0.2) is 0 Å². The van der Waals surface area contributed by atoms with Crippen molar-refractivity contribution in [3.63, 3.8) is 0 Å². The summed E-state index contributed by atoms with van der Waals surface area (Å²) in [5.74, 6) is 0.106. The van der Waals surface area contributed by atoms with Gasteiger partial charge in [0.2, 0.25) is 5.91 Å². The Hall–Kier alpha value is -1.88. The number of nitrogens with zero attached hydrogens (tertiary/aromatic N) is 1. The number of methoxy groups -OCH3 is 1. The Kier molecular flexibility index (Phi) is 3.62. The number of benzene rings is 1. The molecule has 1 atom stereocenters. The van der Waals surface area contributed by atoms with Gasteiger partial charge in [-0.1, -0.05) is 6.07 Å². The van der Waals surface area contributed by atoms with Crippen LogP contribution in [0.2, 0.25) is 0 Å². The number of nitrogens with two attached hydrogens (primary N) is 1. The third kappa shape index (κ3) is 2.51. The van der Waals surface area contributed by atoms with E-state index in [1.54, 1.807) is 24.3 Å². The largest absolute Gasteiger partial charge is 0.497 e. The van der Waals surface area contributed by atoms with Crippen LogP contribution in [0.25, 0.3) is 0 Å². The van der Waals surface area contributed by atoms with Crippen molar-refractivity contribution >= 4 is 11.8 Å². The first-order valence-corrected chi connectivity index (χ1v) is 5.86. The Bertz CT molecular complexity index is 473. The predicted octanol–water partition coefficient (Wildman–Crippen LogP) is 0.785. The number of hydrogen-bond acceptors (Lipinski definition) is 4. The number of imide groups is 1. The number of piperidine rings is 1. The van der Waals surface area contributed by atoms with Gasteiger partial charge in [0, 0.05) is 24.6 Å². The highest BCUT2D eigenvalue weighted by Gasteiger charge is 2.28. The molecule has 1 aliphatic heterocycles. The highest BCUT2D eigenvalue weighted by molar-refractivity contribution is 6.05. The molecule has 0 saturated carbocycles. The van der Waals surface area contributed by atoms with Gasteiger partial charge in [0.15, 0.2) is 0 Å². The standard InChI is InChI=1S/C13H16N2O3/c1-18-11-4-2-3-9(7-11)13(17)15-6-5-10(14)8-12(15)16/h2-4,7,10H,5-6,8,14H2,1H3. The molecule has 0 aromatic heterocycles. The van der Waals surface area contributed by atoms with Crippen molar-refractivity contribution < 1.29 is 14.3 Å². The van der Waals surface area contributed by atoms with E-state index in [0.29, 0.717) is 24.3 Å². The fourth-order valence-electron chi connectivity index (χ4n) is 1.98. The Labute approximate surface area is 106 Å². The maximum atomic E-state index is 12.2. The average molecular weight is 248 g/mol. The highest BCUT2D eigenvalue weighted by atomic mass is 16.5. The lowest BCUT2D eigenvalue weighted by atomic mass is 10.0. The van der Waals surface area contributed by atoms with Gasteiger partial charge >= 0.3 is 0 Å². The SMILES string of the molecule is COc1cccc(C(=O)N2CCC(N)CC2=O)c1. The summed E-state index contributed by atoms with van der Waals surface area (Å²) in [4.78, 5) is 25.2. The van der Waals surface area contributed by atoms with Crippen LogP contribution in [0, 0.1) is 0 Å². The van der Waals surface area contributed by atoms with Gasteiger partial charge < -0.3 is 10.5 Å². The van der Waals surface area contributed by atoms with Gasteiger partial charge in [-0.15, -0.1) is 0 Å². The molecule has 0 radical (unpaired) electrons.